The van der Waals surface area contributed by atoms with Gasteiger partial charge in [0.15, 0.2) is 9.84 Å². The normalized spacial score (nSPS) is 19.8. The van der Waals surface area contributed by atoms with E-state index in [-0.39, 0.29) is 23.5 Å². The molecular formula is C16H23NO4S. The fourth-order valence-corrected chi connectivity index (χ4v) is 4.25. The minimum absolute atomic E-state index is 0.0629. The van der Waals surface area contributed by atoms with Crippen molar-refractivity contribution < 1.29 is 17.9 Å². The number of carbonyl (C=O) groups excluding carboxylic acids is 1. The molecular weight excluding hydrogens is 302 g/mol. The first-order chi connectivity index (χ1) is 10.4. The average Bonchev–Trinajstić information content (AvgIpc) is 2.87. The van der Waals surface area contributed by atoms with Gasteiger partial charge in [-0.3, -0.25) is 4.79 Å². The van der Waals surface area contributed by atoms with Crippen molar-refractivity contribution in [1.82, 2.24) is 4.90 Å². The molecule has 0 aliphatic carbocycles. The molecule has 1 aromatic carbocycles. The van der Waals surface area contributed by atoms with Crippen molar-refractivity contribution in [2.24, 2.45) is 0 Å². The smallest absolute Gasteiger partial charge is 0.253 e. The van der Waals surface area contributed by atoms with E-state index in [9.17, 15) is 13.2 Å². The Bertz CT molecular complexity index is 610. The minimum Gasteiger partial charge on any atom is -0.494 e. The van der Waals surface area contributed by atoms with Gasteiger partial charge in [0.2, 0.25) is 0 Å². The van der Waals surface area contributed by atoms with Crippen LogP contribution in [0.2, 0.25) is 0 Å². The maximum absolute atomic E-state index is 12.4. The summed E-state index contributed by atoms with van der Waals surface area (Å²) in [6, 6.07) is 6.79. The summed E-state index contributed by atoms with van der Waals surface area (Å²) >= 11 is 0. The highest BCUT2D eigenvalue weighted by molar-refractivity contribution is 7.91. The van der Waals surface area contributed by atoms with Crippen molar-refractivity contribution in [2.45, 2.75) is 32.2 Å². The lowest BCUT2D eigenvalue weighted by Gasteiger charge is -2.23. The van der Waals surface area contributed by atoms with Crippen molar-refractivity contribution >= 4 is 15.7 Å². The van der Waals surface area contributed by atoms with Crippen molar-refractivity contribution in [3.05, 3.63) is 29.8 Å². The van der Waals surface area contributed by atoms with Crippen molar-refractivity contribution in [2.75, 3.05) is 25.2 Å². The fourth-order valence-electron chi connectivity index (χ4n) is 2.48. The quantitative estimate of drug-likeness (QED) is 0.752. The number of amides is 1. The molecule has 6 heteroatoms. The van der Waals surface area contributed by atoms with Crippen LogP contribution in [0, 0.1) is 0 Å². The van der Waals surface area contributed by atoms with E-state index in [2.05, 4.69) is 6.92 Å². The SMILES string of the molecule is CCCCOc1ccc(C(=O)N(C)[C@H]2CCS(=O)(=O)C2)cc1. The zero-order valence-corrected chi connectivity index (χ0v) is 13.9. The molecule has 1 aromatic rings. The van der Waals surface area contributed by atoms with Gasteiger partial charge in [0.1, 0.15) is 5.75 Å². The molecule has 0 aromatic heterocycles. The Labute approximate surface area is 132 Å². The summed E-state index contributed by atoms with van der Waals surface area (Å²) in [5, 5.41) is 0. The second kappa shape index (κ2) is 7.13. The molecule has 0 radical (unpaired) electrons. The highest BCUT2D eigenvalue weighted by Crippen LogP contribution is 2.20. The van der Waals surface area contributed by atoms with Gasteiger partial charge in [-0.25, -0.2) is 8.42 Å². The maximum atomic E-state index is 12.4. The number of hydrogen-bond donors (Lipinski definition) is 0. The maximum Gasteiger partial charge on any atom is 0.253 e. The Morgan fingerprint density at radius 2 is 2.00 bits per heavy atom. The fraction of sp³-hybridized carbons (Fsp3) is 0.562. The predicted molar refractivity (Wildman–Crippen MR) is 86.0 cm³/mol. The van der Waals surface area contributed by atoms with Gasteiger partial charge >= 0.3 is 0 Å². The molecule has 0 spiro atoms. The number of sulfone groups is 1. The molecule has 22 heavy (non-hydrogen) atoms. The van der Waals surface area contributed by atoms with Crippen LogP contribution in [0.25, 0.3) is 0 Å². The van der Waals surface area contributed by atoms with Gasteiger partial charge in [-0.15, -0.1) is 0 Å². The topological polar surface area (TPSA) is 63.7 Å². The van der Waals surface area contributed by atoms with Gasteiger partial charge in [-0.1, -0.05) is 13.3 Å². The van der Waals surface area contributed by atoms with Crippen LogP contribution >= 0.6 is 0 Å². The summed E-state index contributed by atoms with van der Waals surface area (Å²) in [7, 11) is -1.32. The van der Waals surface area contributed by atoms with Gasteiger partial charge in [0.25, 0.3) is 5.91 Å². The lowest BCUT2D eigenvalue weighted by Crippen LogP contribution is -2.37. The molecule has 1 aliphatic heterocycles. The van der Waals surface area contributed by atoms with Gasteiger partial charge in [-0.05, 0) is 37.1 Å². The van der Waals surface area contributed by atoms with E-state index in [1.807, 2.05) is 0 Å². The Hall–Kier alpha value is -1.56. The monoisotopic (exact) mass is 325 g/mol. The van der Waals surface area contributed by atoms with Crippen LogP contribution in [0.15, 0.2) is 24.3 Å². The first kappa shape index (κ1) is 16.8. The second-order valence-corrected chi connectivity index (χ2v) is 7.93. The van der Waals surface area contributed by atoms with E-state index in [1.54, 1.807) is 31.3 Å². The van der Waals surface area contributed by atoms with Gasteiger partial charge in [-0.2, -0.15) is 0 Å². The van der Waals surface area contributed by atoms with Gasteiger partial charge in [0.05, 0.1) is 18.1 Å². The highest BCUT2D eigenvalue weighted by Gasteiger charge is 2.32. The molecule has 1 amide bonds. The molecule has 0 unspecified atom stereocenters. The summed E-state index contributed by atoms with van der Waals surface area (Å²) in [6.07, 6.45) is 2.59. The Balaban J connectivity index is 1.97. The lowest BCUT2D eigenvalue weighted by molar-refractivity contribution is 0.0747. The van der Waals surface area contributed by atoms with E-state index in [0.29, 0.717) is 18.6 Å². The molecule has 0 bridgehead atoms. The van der Waals surface area contributed by atoms with Gasteiger partial charge < -0.3 is 9.64 Å². The lowest BCUT2D eigenvalue weighted by atomic mass is 10.1. The van der Waals surface area contributed by atoms with E-state index < -0.39 is 9.84 Å². The Morgan fingerprint density at radius 3 is 2.55 bits per heavy atom. The van der Waals surface area contributed by atoms with Crippen LogP contribution < -0.4 is 4.74 Å². The summed E-state index contributed by atoms with van der Waals surface area (Å²) in [5.41, 5.74) is 0.551. The summed E-state index contributed by atoms with van der Waals surface area (Å²) in [4.78, 5) is 13.9. The van der Waals surface area contributed by atoms with Crippen LogP contribution in [0.1, 0.15) is 36.5 Å². The third-order valence-electron chi connectivity index (χ3n) is 3.94. The second-order valence-electron chi connectivity index (χ2n) is 5.70. The van der Waals surface area contributed by atoms with E-state index >= 15 is 0 Å². The number of nitrogens with zero attached hydrogens (tertiary/aromatic N) is 1. The minimum atomic E-state index is -2.99. The Kier molecular flexibility index (Phi) is 5.45. The third kappa shape index (κ3) is 4.22. The van der Waals surface area contributed by atoms with Crippen LogP contribution in [-0.4, -0.2) is 50.4 Å². The molecule has 5 nitrogen and oxygen atoms in total. The van der Waals surface area contributed by atoms with E-state index in [4.69, 9.17) is 4.74 Å². The molecule has 1 heterocycles. The molecule has 2 rings (SSSR count). The van der Waals surface area contributed by atoms with Crippen LogP contribution in [0.5, 0.6) is 5.75 Å². The first-order valence-electron chi connectivity index (χ1n) is 7.63. The summed E-state index contributed by atoms with van der Waals surface area (Å²) in [6.45, 7) is 2.77. The number of unbranched alkanes of at least 4 members (excludes halogenated alkanes) is 1. The first-order valence-corrected chi connectivity index (χ1v) is 9.45. The molecule has 0 saturated carbocycles. The molecule has 1 saturated heterocycles. The number of carbonyl (C=O) groups is 1. The summed E-state index contributed by atoms with van der Waals surface area (Å²) in [5.74, 6) is 0.825. The zero-order chi connectivity index (χ0) is 16.2. The average molecular weight is 325 g/mol. The molecule has 1 atom stereocenters. The zero-order valence-electron chi connectivity index (χ0n) is 13.1. The van der Waals surface area contributed by atoms with E-state index in [1.165, 1.54) is 4.90 Å². The summed E-state index contributed by atoms with van der Waals surface area (Å²) < 4.78 is 28.6. The van der Waals surface area contributed by atoms with Crippen molar-refractivity contribution in [3.63, 3.8) is 0 Å². The number of ether oxygens (including phenoxy) is 1. The molecule has 1 aliphatic rings. The number of rotatable bonds is 6. The van der Waals surface area contributed by atoms with Crippen LogP contribution in [0.4, 0.5) is 0 Å². The number of hydrogen-bond acceptors (Lipinski definition) is 4. The van der Waals surface area contributed by atoms with E-state index in [0.717, 1.165) is 18.6 Å². The third-order valence-corrected chi connectivity index (χ3v) is 5.69. The largest absolute Gasteiger partial charge is 0.494 e. The predicted octanol–water partition coefficient (Wildman–Crippen LogP) is 2.12. The molecule has 1 fully saturated rings. The van der Waals surface area contributed by atoms with Crippen LogP contribution in [0.3, 0.4) is 0 Å². The number of benzene rings is 1. The molecule has 122 valence electrons. The Morgan fingerprint density at radius 1 is 1.32 bits per heavy atom. The van der Waals surface area contributed by atoms with Crippen molar-refractivity contribution in [1.29, 1.82) is 0 Å². The van der Waals surface area contributed by atoms with Gasteiger partial charge in [0, 0.05) is 18.7 Å². The van der Waals surface area contributed by atoms with Crippen LogP contribution in [-0.2, 0) is 9.84 Å². The van der Waals surface area contributed by atoms with Crippen molar-refractivity contribution in [3.8, 4) is 5.75 Å². The highest BCUT2D eigenvalue weighted by atomic mass is 32.2. The molecule has 0 N–H and O–H groups in total. The standard InChI is InChI=1S/C16H23NO4S/c1-3-4-10-21-15-7-5-13(6-8-15)16(18)17(2)14-9-11-22(19,20)12-14/h5-8,14H,3-4,9-12H2,1-2H3/t14-/m0/s1.